The van der Waals surface area contributed by atoms with Crippen LogP contribution in [0.4, 0.5) is 16.0 Å². The summed E-state index contributed by atoms with van der Waals surface area (Å²) in [7, 11) is -3.63. The van der Waals surface area contributed by atoms with Crippen LogP contribution in [0, 0.1) is 19.7 Å². The number of aromatic amines is 1. The van der Waals surface area contributed by atoms with Crippen molar-refractivity contribution in [1.82, 2.24) is 24.5 Å². The van der Waals surface area contributed by atoms with Gasteiger partial charge in [0.05, 0.1) is 4.90 Å². The van der Waals surface area contributed by atoms with Crippen LogP contribution in [0.15, 0.2) is 41.3 Å². The molecule has 0 atom stereocenters. The third-order valence-corrected chi connectivity index (χ3v) is 7.06. The van der Waals surface area contributed by atoms with Crippen LogP contribution in [0.2, 0.25) is 0 Å². The Morgan fingerprint density at radius 2 is 1.77 bits per heavy atom. The van der Waals surface area contributed by atoms with E-state index in [0.717, 1.165) is 11.4 Å². The van der Waals surface area contributed by atoms with E-state index in [0.29, 0.717) is 43.4 Å². The second-order valence-electron chi connectivity index (χ2n) is 7.42. The van der Waals surface area contributed by atoms with Crippen LogP contribution in [-0.4, -0.2) is 46.0 Å². The molecule has 0 amide bonds. The van der Waals surface area contributed by atoms with Gasteiger partial charge in [0, 0.05) is 42.5 Å². The van der Waals surface area contributed by atoms with E-state index in [4.69, 9.17) is 0 Å². The molecule has 0 saturated carbocycles. The number of aryl methyl sites for hydroxylation is 2. The van der Waals surface area contributed by atoms with E-state index < -0.39 is 15.8 Å². The number of rotatable bonds is 5. The molecule has 3 aromatic rings. The molecule has 0 spiro atoms. The number of hydrogen-bond donors (Lipinski definition) is 2. The van der Waals surface area contributed by atoms with Crippen LogP contribution in [0.5, 0.6) is 0 Å². The molecule has 3 heterocycles. The average Bonchev–Trinajstić information content (AvgIpc) is 3.12. The zero-order valence-corrected chi connectivity index (χ0v) is 17.6. The molecule has 8 nitrogen and oxygen atoms in total. The molecular weight excluding hydrogens is 407 g/mol. The summed E-state index contributed by atoms with van der Waals surface area (Å²) >= 11 is 0. The molecule has 0 aliphatic carbocycles. The van der Waals surface area contributed by atoms with Crippen LogP contribution < -0.4 is 5.32 Å². The van der Waals surface area contributed by atoms with Crippen LogP contribution >= 0.6 is 0 Å². The Morgan fingerprint density at radius 3 is 2.40 bits per heavy atom. The largest absolute Gasteiger partial charge is 0.323 e. The molecule has 1 aliphatic heterocycles. The quantitative estimate of drug-likeness (QED) is 0.644. The highest BCUT2D eigenvalue weighted by Gasteiger charge is 2.30. The molecule has 1 fully saturated rings. The van der Waals surface area contributed by atoms with Crippen molar-refractivity contribution in [2.24, 2.45) is 0 Å². The van der Waals surface area contributed by atoms with Gasteiger partial charge in [0.25, 0.3) is 0 Å². The minimum absolute atomic E-state index is 0.112. The number of piperidine rings is 1. The SMILES string of the molecule is Cc1nc(Nc2cc(C)[nH]n2)cc(C2CCN(S(=O)(=O)c3ccc(F)cc3)CC2)n1. The van der Waals surface area contributed by atoms with Gasteiger partial charge in [-0.15, -0.1) is 0 Å². The number of aromatic nitrogens is 4. The summed E-state index contributed by atoms with van der Waals surface area (Å²) in [4.78, 5) is 9.10. The normalized spacial score (nSPS) is 16.0. The second kappa shape index (κ2) is 8.11. The first-order valence-corrected chi connectivity index (χ1v) is 11.2. The summed E-state index contributed by atoms with van der Waals surface area (Å²) in [6, 6.07) is 8.72. The first-order chi connectivity index (χ1) is 14.3. The molecule has 1 aromatic carbocycles. The van der Waals surface area contributed by atoms with Crippen LogP contribution in [-0.2, 0) is 10.0 Å². The smallest absolute Gasteiger partial charge is 0.243 e. The Morgan fingerprint density at radius 1 is 1.07 bits per heavy atom. The number of halogens is 1. The summed E-state index contributed by atoms with van der Waals surface area (Å²) in [5.74, 6) is 1.65. The topological polar surface area (TPSA) is 104 Å². The maximum absolute atomic E-state index is 13.1. The molecule has 4 rings (SSSR count). The Balaban J connectivity index is 1.46. The first kappa shape index (κ1) is 20.4. The minimum atomic E-state index is -3.63. The average molecular weight is 431 g/mol. The molecule has 2 N–H and O–H groups in total. The lowest BCUT2D eigenvalue weighted by Crippen LogP contribution is -2.38. The summed E-state index contributed by atoms with van der Waals surface area (Å²) in [6.45, 7) is 4.52. The Kier molecular flexibility index (Phi) is 5.52. The number of nitrogens with zero attached hydrogens (tertiary/aromatic N) is 4. The predicted molar refractivity (Wildman–Crippen MR) is 111 cm³/mol. The van der Waals surface area contributed by atoms with Gasteiger partial charge in [-0.3, -0.25) is 5.10 Å². The van der Waals surface area contributed by atoms with Crippen molar-refractivity contribution in [2.75, 3.05) is 18.4 Å². The minimum Gasteiger partial charge on any atom is -0.323 e. The van der Waals surface area contributed by atoms with Crippen LogP contribution in [0.25, 0.3) is 0 Å². The molecule has 0 radical (unpaired) electrons. The van der Waals surface area contributed by atoms with E-state index in [1.54, 1.807) is 0 Å². The summed E-state index contributed by atoms with van der Waals surface area (Å²) in [5.41, 5.74) is 1.83. The number of benzene rings is 1. The van der Waals surface area contributed by atoms with Gasteiger partial charge in [-0.2, -0.15) is 9.40 Å². The standard InChI is InChI=1S/C20H23FN6O2S/c1-13-11-20(26-25-13)24-19-12-18(22-14(2)23-19)15-7-9-27(10-8-15)30(28,29)17-5-3-16(21)4-6-17/h3-6,11-12,15H,7-10H2,1-2H3,(H2,22,23,24,25,26). The molecule has 1 saturated heterocycles. The fourth-order valence-electron chi connectivity index (χ4n) is 3.62. The van der Waals surface area contributed by atoms with E-state index in [9.17, 15) is 12.8 Å². The number of anilines is 2. The molecule has 0 unspecified atom stereocenters. The van der Waals surface area contributed by atoms with Crippen molar-refractivity contribution < 1.29 is 12.8 Å². The van der Waals surface area contributed by atoms with Gasteiger partial charge >= 0.3 is 0 Å². The second-order valence-corrected chi connectivity index (χ2v) is 9.36. The highest BCUT2D eigenvalue weighted by Crippen LogP contribution is 2.31. The van der Waals surface area contributed by atoms with Crippen molar-refractivity contribution in [3.05, 3.63) is 59.4 Å². The van der Waals surface area contributed by atoms with Gasteiger partial charge in [-0.1, -0.05) is 0 Å². The molecule has 0 bridgehead atoms. The van der Waals surface area contributed by atoms with Gasteiger partial charge in [0.2, 0.25) is 10.0 Å². The Hall–Kier alpha value is -2.85. The molecule has 158 valence electrons. The van der Waals surface area contributed by atoms with Gasteiger partial charge in [-0.05, 0) is 51.0 Å². The maximum atomic E-state index is 13.1. The third kappa shape index (κ3) is 4.34. The molecule has 30 heavy (non-hydrogen) atoms. The molecule has 2 aromatic heterocycles. The van der Waals surface area contributed by atoms with E-state index >= 15 is 0 Å². The van der Waals surface area contributed by atoms with Gasteiger partial charge in [0.1, 0.15) is 17.5 Å². The van der Waals surface area contributed by atoms with Crippen molar-refractivity contribution in [1.29, 1.82) is 0 Å². The predicted octanol–water partition coefficient (Wildman–Crippen LogP) is 3.27. The lowest BCUT2D eigenvalue weighted by Gasteiger charge is -2.31. The zero-order valence-electron chi connectivity index (χ0n) is 16.8. The number of H-pyrrole nitrogens is 1. The number of sulfonamides is 1. The third-order valence-electron chi connectivity index (χ3n) is 5.14. The maximum Gasteiger partial charge on any atom is 0.243 e. The van der Waals surface area contributed by atoms with Gasteiger partial charge in [-0.25, -0.2) is 22.8 Å². The highest BCUT2D eigenvalue weighted by atomic mass is 32.2. The molecular formula is C20H23FN6O2S. The van der Waals surface area contributed by atoms with Crippen molar-refractivity contribution in [3.63, 3.8) is 0 Å². The summed E-state index contributed by atoms with van der Waals surface area (Å²) in [5, 5.41) is 10.2. The fourth-order valence-corrected chi connectivity index (χ4v) is 5.09. The Bertz CT molecular complexity index is 1140. The lowest BCUT2D eigenvalue weighted by atomic mass is 9.94. The first-order valence-electron chi connectivity index (χ1n) is 9.71. The van der Waals surface area contributed by atoms with E-state index in [-0.39, 0.29) is 10.8 Å². The van der Waals surface area contributed by atoms with Gasteiger partial charge < -0.3 is 5.32 Å². The van der Waals surface area contributed by atoms with E-state index in [2.05, 4.69) is 25.5 Å². The summed E-state index contributed by atoms with van der Waals surface area (Å²) < 4.78 is 40.2. The van der Waals surface area contributed by atoms with Crippen molar-refractivity contribution in [2.45, 2.75) is 37.5 Å². The van der Waals surface area contributed by atoms with Crippen molar-refractivity contribution in [3.8, 4) is 0 Å². The monoisotopic (exact) mass is 430 g/mol. The Labute approximate surface area is 174 Å². The van der Waals surface area contributed by atoms with E-state index in [1.165, 1.54) is 28.6 Å². The van der Waals surface area contributed by atoms with E-state index in [1.807, 2.05) is 26.0 Å². The van der Waals surface area contributed by atoms with Crippen LogP contribution in [0.3, 0.4) is 0 Å². The van der Waals surface area contributed by atoms with Gasteiger partial charge in [0.15, 0.2) is 5.82 Å². The van der Waals surface area contributed by atoms with Crippen LogP contribution in [0.1, 0.15) is 36.0 Å². The molecule has 10 heteroatoms. The highest BCUT2D eigenvalue weighted by molar-refractivity contribution is 7.89. The summed E-state index contributed by atoms with van der Waals surface area (Å²) in [6.07, 6.45) is 1.30. The zero-order chi connectivity index (χ0) is 21.3. The number of hydrogen-bond acceptors (Lipinski definition) is 6. The molecule has 1 aliphatic rings. The van der Waals surface area contributed by atoms with Crippen molar-refractivity contribution >= 4 is 21.7 Å². The lowest BCUT2D eigenvalue weighted by molar-refractivity contribution is 0.316. The number of nitrogens with one attached hydrogen (secondary N) is 2. The fraction of sp³-hybridized carbons (Fsp3) is 0.350.